The van der Waals surface area contributed by atoms with Crippen molar-refractivity contribution >= 4 is 0 Å². The second kappa shape index (κ2) is 4.56. The van der Waals surface area contributed by atoms with Crippen molar-refractivity contribution in [1.29, 1.82) is 0 Å². The van der Waals surface area contributed by atoms with Crippen LogP contribution < -0.4 is 0 Å². The minimum absolute atomic E-state index is 0.0713. The highest BCUT2D eigenvalue weighted by Gasteiger charge is 2.21. The van der Waals surface area contributed by atoms with E-state index in [1.807, 2.05) is 16.8 Å². The van der Waals surface area contributed by atoms with E-state index in [2.05, 4.69) is 45.7 Å². The van der Waals surface area contributed by atoms with Gasteiger partial charge in [-0.05, 0) is 24.1 Å². The Hall–Kier alpha value is -1.64. The van der Waals surface area contributed by atoms with Crippen LogP contribution in [0.2, 0.25) is 0 Å². The van der Waals surface area contributed by atoms with Gasteiger partial charge in [-0.3, -0.25) is 4.98 Å². The predicted molar refractivity (Wildman–Crippen MR) is 74.1 cm³/mol. The first-order chi connectivity index (χ1) is 8.39. The summed E-state index contributed by atoms with van der Waals surface area (Å²) in [6.07, 6.45) is 3.61. The quantitative estimate of drug-likeness (QED) is 0.805. The zero-order chi connectivity index (χ0) is 13.3. The molecule has 0 fully saturated rings. The number of nitrogens with zero attached hydrogens (tertiary/aromatic N) is 3. The molecule has 2 aromatic heterocycles. The molecule has 0 unspecified atom stereocenters. The van der Waals surface area contributed by atoms with Crippen molar-refractivity contribution in [2.24, 2.45) is 0 Å². The van der Waals surface area contributed by atoms with Gasteiger partial charge in [0.25, 0.3) is 0 Å². The third-order valence-electron chi connectivity index (χ3n) is 3.00. The van der Waals surface area contributed by atoms with Crippen molar-refractivity contribution in [2.75, 3.05) is 0 Å². The normalized spacial score (nSPS) is 12.1. The Morgan fingerprint density at radius 2 is 1.72 bits per heavy atom. The van der Waals surface area contributed by atoms with Crippen LogP contribution >= 0.6 is 0 Å². The third kappa shape index (κ3) is 2.45. The molecule has 0 N–H and O–H groups in total. The molecule has 0 saturated carbocycles. The van der Waals surface area contributed by atoms with Gasteiger partial charge in [0.05, 0.1) is 11.4 Å². The molecule has 2 rings (SSSR count). The summed E-state index contributed by atoms with van der Waals surface area (Å²) in [5.74, 6) is 0.446. The number of pyridine rings is 1. The van der Waals surface area contributed by atoms with Gasteiger partial charge in [0.15, 0.2) is 0 Å². The molecule has 3 nitrogen and oxygen atoms in total. The molecule has 96 valence electrons. The maximum absolute atomic E-state index is 4.76. The lowest BCUT2D eigenvalue weighted by Gasteiger charge is -2.14. The van der Waals surface area contributed by atoms with Crippen LogP contribution in [0.5, 0.6) is 0 Å². The van der Waals surface area contributed by atoms with Crippen LogP contribution in [-0.2, 0) is 5.41 Å². The average Bonchev–Trinajstić information content (AvgIpc) is 2.74. The van der Waals surface area contributed by atoms with E-state index in [4.69, 9.17) is 5.10 Å². The van der Waals surface area contributed by atoms with Gasteiger partial charge in [-0.25, -0.2) is 4.68 Å². The SMILES string of the molecule is CC(C)c1cc(C(C)(C)C)nn1-c1ccncc1. The number of rotatable bonds is 2. The van der Waals surface area contributed by atoms with Crippen LogP contribution in [0, 0.1) is 0 Å². The van der Waals surface area contributed by atoms with Crippen molar-refractivity contribution < 1.29 is 0 Å². The van der Waals surface area contributed by atoms with Gasteiger partial charge in [0.2, 0.25) is 0 Å². The number of hydrogen-bond donors (Lipinski definition) is 0. The number of hydrogen-bond acceptors (Lipinski definition) is 2. The Morgan fingerprint density at radius 3 is 2.22 bits per heavy atom. The summed E-state index contributed by atoms with van der Waals surface area (Å²) in [6, 6.07) is 6.20. The van der Waals surface area contributed by atoms with Crippen LogP contribution in [0.3, 0.4) is 0 Å². The molecule has 0 aliphatic heterocycles. The van der Waals surface area contributed by atoms with Gasteiger partial charge < -0.3 is 0 Å². The third-order valence-corrected chi connectivity index (χ3v) is 3.00. The van der Waals surface area contributed by atoms with E-state index in [1.165, 1.54) is 5.69 Å². The average molecular weight is 243 g/mol. The highest BCUT2D eigenvalue weighted by Crippen LogP contribution is 2.26. The monoisotopic (exact) mass is 243 g/mol. The second-order valence-electron chi connectivity index (χ2n) is 5.98. The van der Waals surface area contributed by atoms with E-state index in [1.54, 1.807) is 12.4 Å². The molecule has 0 bridgehead atoms. The molecule has 0 saturated heterocycles. The summed E-state index contributed by atoms with van der Waals surface area (Å²) < 4.78 is 2.03. The first kappa shape index (κ1) is 12.8. The summed E-state index contributed by atoms with van der Waals surface area (Å²) in [4.78, 5) is 4.06. The largest absolute Gasteiger partial charge is 0.265 e. The lowest BCUT2D eigenvalue weighted by molar-refractivity contribution is 0.559. The van der Waals surface area contributed by atoms with Gasteiger partial charge in [0, 0.05) is 23.5 Å². The molecule has 0 aromatic carbocycles. The molecule has 0 amide bonds. The minimum Gasteiger partial charge on any atom is -0.265 e. The lowest BCUT2D eigenvalue weighted by Crippen LogP contribution is -2.12. The highest BCUT2D eigenvalue weighted by atomic mass is 15.3. The van der Waals surface area contributed by atoms with Gasteiger partial charge in [-0.2, -0.15) is 5.10 Å². The van der Waals surface area contributed by atoms with Gasteiger partial charge in [-0.15, -0.1) is 0 Å². The Balaban J connectivity index is 2.56. The molecule has 3 heteroatoms. The van der Waals surface area contributed by atoms with Crippen molar-refractivity contribution in [2.45, 2.75) is 46.0 Å². The molecule has 0 aliphatic carbocycles. The van der Waals surface area contributed by atoms with Gasteiger partial charge >= 0.3 is 0 Å². The summed E-state index contributed by atoms with van der Waals surface area (Å²) in [7, 11) is 0. The molecule has 2 aromatic rings. The van der Waals surface area contributed by atoms with E-state index in [0.717, 1.165) is 11.4 Å². The first-order valence-corrected chi connectivity index (χ1v) is 6.40. The second-order valence-corrected chi connectivity index (χ2v) is 5.98. The lowest BCUT2D eigenvalue weighted by atomic mass is 9.92. The topological polar surface area (TPSA) is 30.7 Å². The van der Waals surface area contributed by atoms with Crippen LogP contribution in [0.25, 0.3) is 5.69 Å². The number of aromatic nitrogens is 3. The van der Waals surface area contributed by atoms with E-state index < -0.39 is 0 Å². The van der Waals surface area contributed by atoms with Crippen LogP contribution in [0.1, 0.15) is 51.9 Å². The first-order valence-electron chi connectivity index (χ1n) is 6.40. The molecular formula is C15H21N3. The highest BCUT2D eigenvalue weighted by molar-refractivity contribution is 5.33. The minimum atomic E-state index is 0.0713. The maximum atomic E-state index is 4.76. The molecule has 0 aliphatic rings. The van der Waals surface area contributed by atoms with Crippen molar-refractivity contribution in [3.63, 3.8) is 0 Å². The Bertz CT molecular complexity index is 518. The van der Waals surface area contributed by atoms with Crippen LogP contribution in [0.15, 0.2) is 30.6 Å². The zero-order valence-corrected chi connectivity index (χ0v) is 11.8. The molecule has 0 radical (unpaired) electrons. The van der Waals surface area contributed by atoms with Crippen LogP contribution in [-0.4, -0.2) is 14.8 Å². The van der Waals surface area contributed by atoms with Gasteiger partial charge in [0.1, 0.15) is 0 Å². The summed E-state index contributed by atoms with van der Waals surface area (Å²) in [6.45, 7) is 11.0. The summed E-state index contributed by atoms with van der Waals surface area (Å²) in [5.41, 5.74) is 3.51. The van der Waals surface area contributed by atoms with Gasteiger partial charge in [-0.1, -0.05) is 34.6 Å². The fourth-order valence-electron chi connectivity index (χ4n) is 1.87. The molecule has 2 heterocycles. The Morgan fingerprint density at radius 1 is 1.11 bits per heavy atom. The molecule has 0 atom stereocenters. The van der Waals surface area contributed by atoms with E-state index >= 15 is 0 Å². The van der Waals surface area contributed by atoms with Crippen molar-refractivity contribution in [3.05, 3.63) is 42.0 Å². The summed E-state index contributed by atoms with van der Waals surface area (Å²) >= 11 is 0. The maximum Gasteiger partial charge on any atom is 0.0685 e. The van der Waals surface area contributed by atoms with Crippen LogP contribution in [0.4, 0.5) is 0 Å². The van der Waals surface area contributed by atoms with E-state index in [0.29, 0.717) is 5.92 Å². The van der Waals surface area contributed by atoms with E-state index in [9.17, 15) is 0 Å². The zero-order valence-electron chi connectivity index (χ0n) is 11.8. The smallest absolute Gasteiger partial charge is 0.0685 e. The Labute approximate surface area is 109 Å². The Kier molecular flexibility index (Phi) is 3.24. The predicted octanol–water partition coefficient (Wildman–Crippen LogP) is 3.69. The van der Waals surface area contributed by atoms with Crippen molar-refractivity contribution in [1.82, 2.24) is 14.8 Å². The molecular weight excluding hydrogens is 222 g/mol. The summed E-state index contributed by atoms with van der Waals surface area (Å²) in [5, 5.41) is 4.76. The molecule has 0 spiro atoms. The van der Waals surface area contributed by atoms with E-state index in [-0.39, 0.29) is 5.41 Å². The molecule has 18 heavy (non-hydrogen) atoms. The standard InChI is InChI=1S/C15H21N3/c1-11(2)13-10-14(15(3,4)5)17-18(13)12-6-8-16-9-7-12/h6-11H,1-5H3. The fourth-order valence-corrected chi connectivity index (χ4v) is 1.87. The fraction of sp³-hybridized carbons (Fsp3) is 0.467. The van der Waals surface area contributed by atoms with Crippen molar-refractivity contribution in [3.8, 4) is 5.69 Å².